The van der Waals surface area contributed by atoms with Crippen LogP contribution in [-0.4, -0.2) is 21.0 Å². The molecule has 21 heavy (non-hydrogen) atoms. The van der Waals surface area contributed by atoms with Crippen molar-refractivity contribution in [2.45, 2.75) is 32.1 Å². The Labute approximate surface area is 132 Å². The first-order valence-corrected chi connectivity index (χ1v) is 7.68. The van der Waals surface area contributed by atoms with Gasteiger partial charge in [-0.1, -0.05) is 47.5 Å². The summed E-state index contributed by atoms with van der Waals surface area (Å²) in [5, 5.41) is 9.52. The van der Waals surface area contributed by atoms with E-state index in [0.29, 0.717) is 12.1 Å². The molecule has 5 heteroatoms. The molecule has 1 N–H and O–H groups in total. The maximum absolute atomic E-state index is 11.6. The average molecular weight is 349 g/mol. The number of nitrogens with zero attached hydrogens (tertiary/aromatic N) is 2. The fourth-order valence-corrected chi connectivity index (χ4v) is 2.65. The third-order valence-electron chi connectivity index (χ3n) is 3.29. The topological polar surface area (TPSA) is 63.1 Å². The number of aryl methyl sites for hydroxylation is 1. The molecule has 0 bridgehead atoms. The predicted octanol–water partition coefficient (Wildman–Crippen LogP) is 3.60. The Hall–Kier alpha value is -1.75. The van der Waals surface area contributed by atoms with E-state index in [1.807, 2.05) is 24.3 Å². The van der Waals surface area contributed by atoms with E-state index in [1.54, 1.807) is 6.07 Å². The van der Waals surface area contributed by atoms with Crippen molar-refractivity contribution in [2.24, 2.45) is 0 Å². The minimum Gasteiger partial charge on any atom is -0.481 e. The lowest BCUT2D eigenvalue weighted by atomic mass is 9.95. The number of hydrogen-bond donors (Lipinski definition) is 1. The fraction of sp³-hybridized carbons (Fsp3) is 0.312. The second kappa shape index (κ2) is 7.31. The first kappa shape index (κ1) is 15.6. The van der Waals surface area contributed by atoms with Gasteiger partial charge in [0.2, 0.25) is 0 Å². The minimum absolute atomic E-state index is 0.402. The summed E-state index contributed by atoms with van der Waals surface area (Å²) in [6, 6.07) is 9.46. The van der Waals surface area contributed by atoms with Gasteiger partial charge in [0, 0.05) is 10.2 Å². The molecule has 1 aromatic heterocycles. The number of benzene rings is 1. The van der Waals surface area contributed by atoms with Crippen molar-refractivity contribution in [3.8, 4) is 0 Å². The number of halogens is 1. The van der Waals surface area contributed by atoms with Crippen LogP contribution in [-0.2, 0) is 17.6 Å². The van der Waals surface area contributed by atoms with Crippen molar-refractivity contribution in [2.75, 3.05) is 0 Å². The van der Waals surface area contributed by atoms with Gasteiger partial charge in [0.05, 0.1) is 5.69 Å². The molecule has 0 spiro atoms. The zero-order valence-corrected chi connectivity index (χ0v) is 13.4. The second-order valence-electron chi connectivity index (χ2n) is 4.87. The number of rotatable bonds is 6. The van der Waals surface area contributed by atoms with Crippen molar-refractivity contribution >= 4 is 21.9 Å². The molecular weight excluding hydrogens is 332 g/mol. The van der Waals surface area contributed by atoms with Crippen LogP contribution in [0.5, 0.6) is 0 Å². The van der Waals surface area contributed by atoms with E-state index < -0.39 is 11.9 Å². The van der Waals surface area contributed by atoms with Gasteiger partial charge in [-0.05, 0) is 30.5 Å². The smallest absolute Gasteiger partial charge is 0.312 e. The molecule has 1 heterocycles. The fourth-order valence-electron chi connectivity index (χ4n) is 2.20. The summed E-state index contributed by atoms with van der Waals surface area (Å²) < 4.78 is 0.916. The van der Waals surface area contributed by atoms with Crippen molar-refractivity contribution in [3.05, 3.63) is 58.1 Å². The van der Waals surface area contributed by atoms with Gasteiger partial charge in [0.1, 0.15) is 12.2 Å². The largest absolute Gasteiger partial charge is 0.481 e. The van der Waals surface area contributed by atoms with Gasteiger partial charge in [0.25, 0.3) is 0 Å². The molecule has 0 fully saturated rings. The van der Waals surface area contributed by atoms with Gasteiger partial charge in [-0.3, -0.25) is 4.79 Å². The first-order valence-electron chi connectivity index (χ1n) is 6.88. The maximum Gasteiger partial charge on any atom is 0.312 e. The van der Waals surface area contributed by atoms with E-state index in [0.717, 1.165) is 28.6 Å². The Morgan fingerprint density at radius 1 is 1.33 bits per heavy atom. The number of carboxylic acid groups (broad SMARTS) is 1. The van der Waals surface area contributed by atoms with E-state index in [9.17, 15) is 9.90 Å². The van der Waals surface area contributed by atoms with Crippen LogP contribution in [0.4, 0.5) is 0 Å². The molecule has 0 saturated heterocycles. The zero-order valence-electron chi connectivity index (χ0n) is 11.8. The monoisotopic (exact) mass is 348 g/mol. The summed E-state index contributed by atoms with van der Waals surface area (Å²) >= 11 is 3.46. The number of aliphatic carboxylic acids is 1. The summed E-state index contributed by atoms with van der Waals surface area (Å²) in [6.45, 7) is 2.07. The van der Waals surface area contributed by atoms with Gasteiger partial charge in [-0.15, -0.1) is 0 Å². The Balaban J connectivity index is 2.29. The zero-order chi connectivity index (χ0) is 15.2. The summed E-state index contributed by atoms with van der Waals surface area (Å²) in [6.07, 6.45) is 3.66. The number of carbonyl (C=O) groups is 1. The van der Waals surface area contributed by atoms with E-state index in [2.05, 4.69) is 32.8 Å². The predicted molar refractivity (Wildman–Crippen MR) is 84.2 cm³/mol. The summed E-state index contributed by atoms with van der Waals surface area (Å²) in [5.74, 6) is -1.53. The minimum atomic E-state index is -0.869. The summed E-state index contributed by atoms with van der Waals surface area (Å²) in [5.41, 5.74) is 2.41. The summed E-state index contributed by atoms with van der Waals surface area (Å²) in [4.78, 5) is 20.0. The summed E-state index contributed by atoms with van der Waals surface area (Å²) in [7, 11) is 0. The molecule has 2 rings (SSSR count). The molecule has 0 aliphatic heterocycles. The molecule has 0 saturated carbocycles. The van der Waals surface area contributed by atoms with Gasteiger partial charge in [-0.25, -0.2) is 9.97 Å². The van der Waals surface area contributed by atoms with Crippen LogP contribution >= 0.6 is 15.9 Å². The van der Waals surface area contributed by atoms with Crippen LogP contribution in [0.15, 0.2) is 41.1 Å². The molecule has 110 valence electrons. The van der Waals surface area contributed by atoms with E-state index in [1.165, 1.54) is 6.33 Å². The highest BCUT2D eigenvalue weighted by molar-refractivity contribution is 9.10. The lowest BCUT2D eigenvalue weighted by Crippen LogP contribution is -2.16. The highest BCUT2D eigenvalue weighted by Gasteiger charge is 2.23. The Kier molecular flexibility index (Phi) is 5.44. The molecule has 0 aliphatic rings. The van der Waals surface area contributed by atoms with Crippen molar-refractivity contribution < 1.29 is 9.90 Å². The lowest BCUT2D eigenvalue weighted by Gasteiger charge is -2.13. The first-order chi connectivity index (χ1) is 10.1. The molecule has 1 atom stereocenters. The average Bonchev–Trinajstić information content (AvgIpc) is 2.46. The third kappa shape index (κ3) is 4.11. The second-order valence-corrected chi connectivity index (χ2v) is 5.72. The maximum atomic E-state index is 11.6. The SMILES string of the molecule is CCCc1cc(C(Cc2ccccc2Br)C(=O)O)ncn1. The molecule has 0 radical (unpaired) electrons. The Morgan fingerprint density at radius 3 is 2.76 bits per heavy atom. The standard InChI is InChI=1S/C16H17BrN2O2/c1-2-5-12-9-15(19-10-18-12)13(16(20)21)8-11-6-3-4-7-14(11)17/h3-4,6-7,9-10,13H,2,5,8H2,1H3,(H,20,21). The Bertz CT molecular complexity index is 631. The number of aromatic nitrogens is 2. The van der Waals surface area contributed by atoms with Gasteiger partial charge < -0.3 is 5.11 Å². The van der Waals surface area contributed by atoms with Crippen LogP contribution in [0.2, 0.25) is 0 Å². The molecular formula is C16H17BrN2O2. The molecule has 1 aromatic carbocycles. The molecule has 2 aromatic rings. The quantitative estimate of drug-likeness (QED) is 0.866. The number of carboxylic acids is 1. The van der Waals surface area contributed by atoms with E-state index in [4.69, 9.17) is 0 Å². The van der Waals surface area contributed by atoms with Crippen molar-refractivity contribution in [1.82, 2.24) is 9.97 Å². The van der Waals surface area contributed by atoms with Crippen LogP contribution in [0.25, 0.3) is 0 Å². The van der Waals surface area contributed by atoms with Gasteiger partial charge in [0.15, 0.2) is 0 Å². The molecule has 4 nitrogen and oxygen atoms in total. The lowest BCUT2D eigenvalue weighted by molar-refractivity contribution is -0.138. The third-order valence-corrected chi connectivity index (χ3v) is 4.06. The normalized spacial score (nSPS) is 12.1. The molecule has 1 unspecified atom stereocenters. The molecule has 0 aliphatic carbocycles. The molecule has 0 amide bonds. The van der Waals surface area contributed by atoms with Gasteiger partial charge >= 0.3 is 5.97 Å². The van der Waals surface area contributed by atoms with Crippen molar-refractivity contribution in [3.63, 3.8) is 0 Å². The van der Waals surface area contributed by atoms with Crippen LogP contribution in [0, 0.1) is 0 Å². The highest BCUT2D eigenvalue weighted by Crippen LogP contribution is 2.25. The highest BCUT2D eigenvalue weighted by atomic mass is 79.9. The van der Waals surface area contributed by atoms with Crippen LogP contribution < -0.4 is 0 Å². The number of hydrogen-bond acceptors (Lipinski definition) is 3. The van der Waals surface area contributed by atoms with Crippen molar-refractivity contribution in [1.29, 1.82) is 0 Å². The van der Waals surface area contributed by atoms with Crippen LogP contribution in [0.3, 0.4) is 0 Å². The van der Waals surface area contributed by atoms with Crippen LogP contribution in [0.1, 0.15) is 36.2 Å². The van der Waals surface area contributed by atoms with Gasteiger partial charge in [-0.2, -0.15) is 0 Å². The van der Waals surface area contributed by atoms with E-state index in [-0.39, 0.29) is 0 Å². The van der Waals surface area contributed by atoms with E-state index >= 15 is 0 Å². The Morgan fingerprint density at radius 2 is 2.10 bits per heavy atom.